The van der Waals surface area contributed by atoms with Crippen LogP contribution in [-0.4, -0.2) is 24.3 Å². The van der Waals surface area contributed by atoms with E-state index in [1.54, 1.807) is 11.3 Å². The zero-order valence-corrected chi connectivity index (χ0v) is 12.0. The average Bonchev–Trinajstić information content (AvgIpc) is 3.02. The van der Waals surface area contributed by atoms with E-state index in [-0.39, 0.29) is 6.61 Å². The van der Waals surface area contributed by atoms with Crippen LogP contribution in [0.2, 0.25) is 0 Å². The summed E-state index contributed by atoms with van der Waals surface area (Å²) in [6, 6.07) is 0. The molecule has 0 radical (unpaired) electrons. The second-order valence-corrected chi connectivity index (χ2v) is 5.38. The number of hydrogen-bond donors (Lipinski definition) is 1. The SMILES string of the molecule is CCc1c(C)nn(-c2nc3sccn3c2CO)c1C. The Morgan fingerprint density at radius 2 is 2.16 bits per heavy atom. The predicted octanol–water partition coefficient (Wildman–Crippen LogP) is 2.25. The van der Waals surface area contributed by atoms with Crippen molar-refractivity contribution in [2.45, 2.75) is 33.8 Å². The molecule has 3 aromatic heterocycles. The number of aromatic nitrogens is 4. The molecule has 3 heterocycles. The van der Waals surface area contributed by atoms with Gasteiger partial charge in [0.25, 0.3) is 0 Å². The van der Waals surface area contributed by atoms with Gasteiger partial charge in [-0.1, -0.05) is 6.92 Å². The highest BCUT2D eigenvalue weighted by atomic mass is 32.1. The first-order chi connectivity index (χ1) is 9.17. The van der Waals surface area contributed by atoms with Crippen LogP contribution in [0.4, 0.5) is 0 Å². The minimum Gasteiger partial charge on any atom is -0.390 e. The van der Waals surface area contributed by atoms with Gasteiger partial charge in [-0.2, -0.15) is 10.1 Å². The first kappa shape index (κ1) is 12.4. The van der Waals surface area contributed by atoms with Gasteiger partial charge in [0, 0.05) is 17.3 Å². The maximum absolute atomic E-state index is 9.61. The Balaban J connectivity index is 2.26. The number of rotatable bonds is 3. The molecule has 3 rings (SSSR count). The molecule has 0 atom stereocenters. The van der Waals surface area contributed by atoms with Crippen LogP contribution < -0.4 is 0 Å². The number of fused-ring (bicyclic) bond motifs is 1. The number of thiazole rings is 1. The normalized spacial score (nSPS) is 11.6. The van der Waals surface area contributed by atoms with Gasteiger partial charge in [-0.3, -0.25) is 4.40 Å². The molecule has 0 aliphatic heterocycles. The lowest BCUT2D eigenvalue weighted by atomic mass is 10.1. The molecule has 0 saturated carbocycles. The molecule has 19 heavy (non-hydrogen) atoms. The lowest BCUT2D eigenvalue weighted by Crippen LogP contribution is -2.04. The second kappa shape index (κ2) is 4.47. The molecule has 0 spiro atoms. The van der Waals surface area contributed by atoms with Crippen molar-refractivity contribution in [2.24, 2.45) is 0 Å². The third kappa shape index (κ3) is 1.71. The Hall–Kier alpha value is -1.66. The molecule has 100 valence electrons. The topological polar surface area (TPSA) is 55.4 Å². The first-order valence-electron chi connectivity index (χ1n) is 6.28. The van der Waals surface area contributed by atoms with E-state index >= 15 is 0 Å². The van der Waals surface area contributed by atoms with Crippen molar-refractivity contribution in [1.29, 1.82) is 0 Å². The number of imidazole rings is 1. The summed E-state index contributed by atoms with van der Waals surface area (Å²) in [5, 5.41) is 16.1. The molecule has 0 fully saturated rings. The summed E-state index contributed by atoms with van der Waals surface area (Å²) < 4.78 is 3.77. The lowest BCUT2D eigenvalue weighted by molar-refractivity contribution is 0.275. The van der Waals surface area contributed by atoms with Crippen molar-refractivity contribution in [3.63, 3.8) is 0 Å². The summed E-state index contributed by atoms with van der Waals surface area (Å²) in [6.07, 6.45) is 2.88. The first-order valence-corrected chi connectivity index (χ1v) is 7.16. The van der Waals surface area contributed by atoms with Crippen molar-refractivity contribution in [1.82, 2.24) is 19.2 Å². The maximum Gasteiger partial charge on any atom is 0.196 e. The minimum absolute atomic E-state index is 0.0486. The molecule has 0 unspecified atom stereocenters. The fourth-order valence-corrected chi connectivity index (χ4v) is 3.26. The van der Waals surface area contributed by atoms with E-state index in [2.05, 4.69) is 17.0 Å². The summed E-state index contributed by atoms with van der Waals surface area (Å²) >= 11 is 1.55. The van der Waals surface area contributed by atoms with Gasteiger partial charge in [0.05, 0.1) is 18.0 Å². The molecule has 0 bridgehead atoms. The van der Waals surface area contributed by atoms with Crippen LogP contribution in [0.1, 0.15) is 29.6 Å². The highest BCUT2D eigenvalue weighted by Gasteiger charge is 2.18. The van der Waals surface area contributed by atoms with Gasteiger partial charge in [-0.05, 0) is 25.8 Å². The van der Waals surface area contributed by atoms with Gasteiger partial charge in [0.1, 0.15) is 0 Å². The van der Waals surface area contributed by atoms with Gasteiger partial charge in [-0.25, -0.2) is 4.68 Å². The number of aryl methyl sites for hydroxylation is 1. The number of aliphatic hydroxyl groups is 1. The summed E-state index contributed by atoms with van der Waals surface area (Å²) in [4.78, 5) is 5.46. The van der Waals surface area contributed by atoms with E-state index in [1.807, 2.05) is 34.5 Å². The third-order valence-electron chi connectivity index (χ3n) is 3.49. The van der Waals surface area contributed by atoms with Crippen LogP contribution >= 0.6 is 11.3 Å². The predicted molar refractivity (Wildman–Crippen MR) is 75.0 cm³/mol. The summed E-state index contributed by atoms with van der Waals surface area (Å²) in [5.41, 5.74) is 4.16. The Labute approximate surface area is 115 Å². The molecule has 0 saturated heterocycles. The highest BCUT2D eigenvalue weighted by molar-refractivity contribution is 7.15. The largest absolute Gasteiger partial charge is 0.390 e. The molecule has 0 aromatic carbocycles. The molecular formula is C13H16N4OS. The number of nitrogens with zero attached hydrogens (tertiary/aromatic N) is 4. The molecule has 1 N–H and O–H groups in total. The maximum atomic E-state index is 9.61. The van der Waals surface area contributed by atoms with Crippen molar-refractivity contribution >= 4 is 16.3 Å². The molecular weight excluding hydrogens is 260 g/mol. The van der Waals surface area contributed by atoms with E-state index in [4.69, 9.17) is 0 Å². The monoisotopic (exact) mass is 276 g/mol. The quantitative estimate of drug-likeness (QED) is 0.798. The second-order valence-electron chi connectivity index (χ2n) is 4.51. The van der Waals surface area contributed by atoms with E-state index in [0.717, 1.165) is 34.3 Å². The fourth-order valence-electron chi connectivity index (χ4n) is 2.53. The Morgan fingerprint density at radius 3 is 2.79 bits per heavy atom. The molecule has 3 aromatic rings. The average molecular weight is 276 g/mol. The molecule has 0 amide bonds. The highest BCUT2D eigenvalue weighted by Crippen LogP contribution is 2.24. The van der Waals surface area contributed by atoms with Crippen molar-refractivity contribution in [3.05, 3.63) is 34.2 Å². The summed E-state index contributed by atoms with van der Waals surface area (Å²) in [7, 11) is 0. The van der Waals surface area contributed by atoms with Crippen molar-refractivity contribution in [3.8, 4) is 5.82 Å². The van der Waals surface area contributed by atoms with Crippen LogP contribution in [0.25, 0.3) is 10.8 Å². The standard InChI is InChI=1S/C13H16N4OS/c1-4-10-8(2)15-17(9(10)3)12-11(7-18)16-5-6-19-13(16)14-12/h5-6,18H,4,7H2,1-3H3. The van der Waals surface area contributed by atoms with Gasteiger partial charge < -0.3 is 5.11 Å². The van der Waals surface area contributed by atoms with Crippen LogP contribution in [0, 0.1) is 13.8 Å². The van der Waals surface area contributed by atoms with E-state index < -0.39 is 0 Å². The zero-order valence-electron chi connectivity index (χ0n) is 11.2. The van der Waals surface area contributed by atoms with Crippen molar-refractivity contribution in [2.75, 3.05) is 0 Å². The van der Waals surface area contributed by atoms with Gasteiger partial charge >= 0.3 is 0 Å². The molecule has 0 aliphatic carbocycles. The van der Waals surface area contributed by atoms with E-state index in [0.29, 0.717) is 0 Å². The zero-order chi connectivity index (χ0) is 13.6. The van der Waals surface area contributed by atoms with Crippen LogP contribution in [0.5, 0.6) is 0 Å². The van der Waals surface area contributed by atoms with Gasteiger partial charge in [-0.15, -0.1) is 11.3 Å². The summed E-state index contributed by atoms with van der Waals surface area (Å²) in [6.45, 7) is 6.14. The molecule has 6 heteroatoms. The van der Waals surface area contributed by atoms with Crippen LogP contribution in [0.15, 0.2) is 11.6 Å². The van der Waals surface area contributed by atoms with E-state index in [9.17, 15) is 5.11 Å². The van der Waals surface area contributed by atoms with Crippen LogP contribution in [0.3, 0.4) is 0 Å². The summed E-state index contributed by atoms with van der Waals surface area (Å²) in [5.74, 6) is 0.731. The van der Waals surface area contributed by atoms with Gasteiger partial charge in [0.15, 0.2) is 10.8 Å². The van der Waals surface area contributed by atoms with Gasteiger partial charge in [0.2, 0.25) is 0 Å². The third-order valence-corrected chi connectivity index (χ3v) is 4.24. The smallest absolute Gasteiger partial charge is 0.196 e. The minimum atomic E-state index is -0.0486. The number of aliphatic hydroxyl groups excluding tert-OH is 1. The lowest BCUT2D eigenvalue weighted by Gasteiger charge is -2.04. The van der Waals surface area contributed by atoms with Crippen molar-refractivity contribution < 1.29 is 5.11 Å². The van der Waals surface area contributed by atoms with E-state index in [1.165, 1.54) is 5.56 Å². The van der Waals surface area contributed by atoms with Crippen LogP contribution in [-0.2, 0) is 13.0 Å². The molecule has 5 nitrogen and oxygen atoms in total. The Morgan fingerprint density at radius 1 is 1.37 bits per heavy atom. The molecule has 0 aliphatic rings. The fraction of sp³-hybridized carbons (Fsp3) is 0.385. The Kier molecular flexibility index (Phi) is 2.91. The Bertz CT molecular complexity index is 737. The number of hydrogen-bond acceptors (Lipinski definition) is 4.